The second kappa shape index (κ2) is 5.16. The largest absolute Gasteiger partial charge is 0.338 e. The van der Waals surface area contributed by atoms with Gasteiger partial charge in [-0.1, -0.05) is 11.6 Å². The molecule has 0 unspecified atom stereocenters. The molecule has 1 aliphatic heterocycles. The summed E-state index contributed by atoms with van der Waals surface area (Å²) in [4.78, 5) is 11.3. The van der Waals surface area contributed by atoms with Gasteiger partial charge in [0.2, 0.25) is 0 Å². The fourth-order valence-electron chi connectivity index (χ4n) is 1.70. The van der Waals surface area contributed by atoms with E-state index >= 15 is 0 Å². The third-order valence-electron chi connectivity index (χ3n) is 2.80. The average Bonchev–Trinajstić information content (AvgIpc) is 3.03. The molecule has 1 heterocycles. The lowest BCUT2D eigenvalue weighted by atomic mass is 10.1. The van der Waals surface area contributed by atoms with E-state index in [9.17, 15) is 4.79 Å². The van der Waals surface area contributed by atoms with E-state index in [1.807, 2.05) is 0 Å². The van der Waals surface area contributed by atoms with Crippen LogP contribution >= 0.6 is 0 Å². The number of hydrogen-bond acceptors (Lipinski definition) is 2. The van der Waals surface area contributed by atoms with Gasteiger partial charge in [0, 0.05) is 19.1 Å². The van der Waals surface area contributed by atoms with Crippen LogP contribution in [0.25, 0.3) is 0 Å². The van der Waals surface area contributed by atoms with E-state index in [4.69, 9.17) is 0 Å². The fraction of sp³-hybridized carbons (Fsp3) is 0.727. The van der Waals surface area contributed by atoms with Crippen LogP contribution in [0.4, 0.5) is 4.79 Å². The number of rotatable bonds is 4. The lowest BCUT2D eigenvalue weighted by molar-refractivity contribution is 0.240. The molecule has 84 valence electrons. The molecule has 1 aliphatic carbocycles. The summed E-state index contributed by atoms with van der Waals surface area (Å²) in [7, 11) is 0. The fourth-order valence-corrected chi connectivity index (χ4v) is 1.70. The number of carbonyl (C=O) groups is 1. The number of carbonyl (C=O) groups excluding carboxylic acids is 1. The van der Waals surface area contributed by atoms with E-state index in [2.05, 4.69) is 22.0 Å². The molecule has 2 rings (SSSR count). The van der Waals surface area contributed by atoms with Crippen molar-refractivity contribution in [1.82, 2.24) is 16.0 Å². The molecule has 0 atom stereocenters. The van der Waals surface area contributed by atoms with Crippen LogP contribution in [-0.2, 0) is 0 Å². The average molecular weight is 209 g/mol. The molecule has 0 aromatic heterocycles. The Hall–Kier alpha value is -1.03. The van der Waals surface area contributed by atoms with Gasteiger partial charge in [-0.3, -0.25) is 0 Å². The maximum Gasteiger partial charge on any atom is 0.315 e. The molecule has 4 nitrogen and oxygen atoms in total. The van der Waals surface area contributed by atoms with Gasteiger partial charge in [0.25, 0.3) is 0 Å². The lowest BCUT2D eigenvalue weighted by Gasteiger charge is -2.14. The molecular formula is C11H19N3O. The number of nitrogens with one attached hydrogen (secondary N) is 3. The number of amides is 2. The molecule has 1 fully saturated rings. The molecule has 0 spiro atoms. The van der Waals surface area contributed by atoms with Crippen molar-refractivity contribution >= 4 is 6.03 Å². The van der Waals surface area contributed by atoms with Gasteiger partial charge in [-0.15, -0.1) is 0 Å². The maximum atomic E-state index is 11.3. The zero-order valence-electron chi connectivity index (χ0n) is 9.01. The quantitative estimate of drug-likeness (QED) is 0.599. The minimum atomic E-state index is -0.00738. The normalized spacial score (nSPS) is 20.7. The van der Waals surface area contributed by atoms with Crippen molar-refractivity contribution in [3.63, 3.8) is 0 Å². The maximum absolute atomic E-state index is 11.3. The van der Waals surface area contributed by atoms with Crippen LogP contribution in [-0.4, -0.2) is 31.7 Å². The topological polar surface area (TPSA) is 53.2 Å². The van der Waals surface area contributed by atoms with Crippen LogP contribution in [0.5, 0.6) is 0 Å². The van der Waals surface area contributed by atoms with Crippen LogP contribution in [0.3, 0.4) is 0 Å². The summed E-state index contributed by atoms with van der Waals surface area (Å²) in [5.41, 5.74) is 1.46. The molecule has 0 bridgehead atoms. The highest BCUT2D eigenvalue weighted by molar-refractivity contribution is 5.74. The highest BCUT2D eigenvalue weighted by Crippen LogP contribution is 2.18. The first-order valence-electron chi connectivity index (χ1n) is 5.77. The smallest absolute Gasteiger partial charge is 0.315 e. The van der Waals surface area contributed by atoms with Gasteiger partial charge in [-0.2, -0.15) is 0 Å². The van der Waals surface area contributed by atoms with Gasteiger partial charge in [0.15, 0.2) is 0 Å². The molecule has 2 aliphatic rings. The summed E-state index contributed by atoms with van der Waals surface area (Å²) in [6.45, 7) is 2.80. The van der Waals surface area contributed by atoms with Crippen molar-refractivity contribution in [2.75, 3.05) is 19.6 Å². The van der Waals surface area contributed by atoms with Gasteiger partial charge >= 0.3 is 6.03 Å². The van der Waals surface area contributed by atoms with Crippen molar-refractivity contribution in [2.45, 2.75) is 31.7 Å². The lowest BCUT2D eigenvalue weighted by Crippen LogP contribution is -2.37. The summed E-state index contributed by atoms with van der Waals surface area (Å²) in [6.07, 6.45) is 6.62. The van der Waals surface area contributed by atoms with Gasteiger partial charge in [0.1, 0.15) is 0 Å². The Kier molecular flexibility index (Phi) is 3.61. The van der Waals surface area contributed by atoms with Gasteiger partial charge in [0.05, 0.1) is 0 Å². The zero-order valence-corrected chi connectivity index (χ0v) is 9.01. The first kappa shape index (κ1) is 10.5. The molecule has 4 heteroatoms. The molecule has 1 saturated carbocycles. The monoisotopic (exact) mass is 209 g/mol. The minimum Gasteiger partial charge on any atom is -0.338 e. The van der Waals surface area contributed by atoms with Crippen molar-refractivity contribution in [1.29, 1.82) is 0 Å². The Labute approximate surface area is 90.5 Å². The standard InChI is InChI=1S/C11H19N3O/c15-11(14-10-1-2-10)13-8-5-9-3-6-12-7-4-9/h3,10,12H,1-2,4-8H2,(H2,13,14,15). The minimum absolute atomic E-state index is 0.00738. The molecule has 0 aromatic rings. The van der Waals surface area contributed by atoms with Gasteiger partial charge in [-0.25, -0.2) is 4.79 Å². The van der Waals surface area contributed by atoms with E-state index in [0.29, 0.717) is 6.04 Å². The zero-order chi connectivity index (χ0) is 10.5. The SMILES string of the molecule is O=C(NCCC1=CCNCC1)NC1CC1. The highest BCUT2D eigenvalue weighted by Gasteiger charge is 2.22. The van der Waals surface area contributed by atoms with Gasteiger partial charge < -0.3 is 16.0 Å². The van der Waals surface area contributed by atoms with E-state index in [1.165, 1.54) is 5.57 Å². The van der Waals surface area contributed by atoms with Crippen molar-refractivity contribution in [3.05, 3.63) is 11.6 Å². The van der Waals surface area contributed by atoms with Gasteiger partial charge in [-0.05, 0) is 32.2 Å². The Morgan fingerprint density at radius 3 is 3.07 bits per heavy atom. The van der Waals surface area contributed by atoms with E-state index in [-0.39, 0.29) is 6.03 Å². The van der Waals surface area contributed by atoms with Crippen molar-refractivity contribution < 1.29 is 4.79 Å². The van der Waals surface area contributed by atoms with Crippen LogP contribution in [0, 0.1) is 0 Å². The van der Waals surface area contributed by atoms with E-state index < -0.39 is 0 Å². The summed E-state index contributed by atoms with van der Waals surface area (Å²) in [5.74, 6) is 0. The molecule has 0 saturated heterocycles. The van der Waals surface area contributed by atoms with Crippen LogP contribution in [0.2, 0.25) is 0 Å². The predicted octanol–water partition coefficient (Wildman–Crippen LogP) is 0.758. The van der Waals surface area contributed by atoms with Crippen LogP contribution in [0.15, 0.2) is 11.6 Å². The summed E-state index contributed by atoms with van der Waals surface area (Å²) >= 11 is 0. The van der Waals surface area contributed by atoms with E-state index in [0.717, 1.165) is 45.3 Å². The second-order valence-electron chi connectivity index (χ2n) is 4.24. The Balaban J connectivity index is 1.56. The third kappa shape index (κ3) is 3.91. The number of hydrogen-bond donors (Lipinski definition) is 3. The first-order chi connectivity index (χ1) is 7.34. The Morgan fingerprint density at radius 2 is 2.40 bits per heavy atom. The van der Waals surface area contributed by atoms with Crippen molar-refractivity contribution in [3.8, 4) is 0 Å². The number of urea groups is 1. The molecule has 0 aromatic carbocycles. The molecule has 15 heavy (non-hydrogen) atoms. The third-order valence-corrected chi connectivity index (χ3v) is 2.80. The first-order valence-corrected chi connectivity index (χ1v) is 5.77. The van der Waals surface area contributed by atoms with Crippen LogP contribution in [0.1, 0.15) is 25.7 Å². The van der Waals surface area contributed by atoms with E-state index in [1.54, 1.807) is 0 Å². The predicted molar refractivity (Wildman–Crippen MR) is 59.7 cm³/mol. The molecular weight excluding hydrogens is 190 g/mol. The molecule has 0 radical (unpaired) electrons. The summed E-state index contributed by atoms with van der Waals surface area (Å²) < 4.78 is 0. The van der Waals surface area contributed by atoms with Crippen LogP contribution < -0.4 is 16.0 Å². The summed E-state index contributed by atoms with van der Waals surface area (Å²) in [5, 5.41) is 9.07. The Morgan fingerprint density at radius 1 is 1.53 bits per heavy atom. The second-order valence-corrected chi connectivity index (χ2v) is 4.24. The summed E-state index contributed by atoms with van der Waals surface area (Å²) in [6, 6.07) is 0.440. The highest BCUT2D eigenvalue weighted by atomic mass is 16.2. The Bertz CT molecular complexity index is 259. The molecule has 2 amide bonds. The van der Waals surface area contributed by atoms with Crippen molar-refractivity contribution in [2.24, 2.45) is 0 Å². The molecule has 3 N–H and O–H groups in total.